The molecule has 0 aliphatic carbocycles. The highest BCUT2D eigenvalue weighted by Crippen LogP contribution is 2.24. The molecule has 1 unspecified atom stereocenters. The molecule has 1 N–H and O–H groups in total. The number of carbonyl (C=O) groups is 1. The maximum absolute atomic E-state index is 12.7. The lowest BCUT2D eigenvalue weighted by Gasteiger charge is -2.18. The third-order valence-corrected chi connectivity index (χ3v) is 5.60. The van der Waals surface area contributed by atoms with Gasteiger partial charge in [0.25, 0.3) is 0 Å². The van der Waals surface area contributed by atoms with Gasteiger partial charge in [-0.2, -0.15) is 0 Å². The molecule has 6 heteroatoms. The van der Waals surface area contributed by atoms with E-state index >= 15 is 0 Å². The minimum Gasteiger partial charge on any atom is -0.311 e. The van der Waals surface area contributed by atoms with Crippen molar-refractivity contribution in [2.75, 3.05) is 11.4 Å². The Labute approximate surface area is 148 Å². The average Bonchev–Trinajstić information content (AvgIpc) is 2.87. The van der Waals surface area contributed by atoms with Crippen LogP contribution in [0.2, 0.25) is 0 Å². The standard InChI is InChI=1S/C19H22N2O3S/c1-14-10-15(2)12-17(11-14)21-9-8-18(19(21)22)20-25(23,24)13-16-6-4-3-5-7-16/h3-7,10-12,18,20H,8-9,13H2,1-2H3. The Bertz CT molecular complexity index is 859. The van der Waals surface area contributed by atoms with Gasteiger partial charge < -0.3 is 4.90 Å². The zero-order chi connectivity index (χ0) is 18.0. The zero-order valence-electron chi connectivity index (χ0n) is 14.4. The van der Waals surface area contributed by atoms with Gasteiger partial charge in [0.2, 0.25) is 15.9 Å². The van der Waals surface area contributed by atoms with Gasteiger partial charge in [0, 0.05) is 12.2 Å². The normalized spacial score (nSPS) is 17.9. The molecule has 2 aromatic rings. The Balaban J connectivity index is 1.71. The molecule has 3 rings (SSSR count). The van der Waals surface area contributed by atoms with Gasteiger partial charge in [0.05, 0.1) is 5.75 Å². The number of nitrogens with one attached hydrogen (secondary N) is 1. The van der Waals surface area contributed by atoms with Gasteiger partial charge in [-0.15, -0.1) is 0 Å². The van der Waals surface area contributed by atoms with Crippen molar-refractivity contribution >= 4 is 21.6 Å². The first-order valence-corrected chi connectivity index (χ1v) is 9.93. The van der Waals surface area contributed by atoms with Crippen LogP contribution < -0.4 is 9.62 Å². The Hall–Kier alpha value is -2.18. The summed E-state index contributed by atoms with van der Waals surface area (Å²) < 4.78 is 27.3. The van der Waals surface area contributed by atoms with Crippen LogP contribution in [0.4, 0.5) is 5.69 Å². The van der Waals surface area contributed by atoms with Crippen molar-refractivity contribution in [3.8, 4) is 0 Å². The maximum Gasteiger partial charge on any atom is 0.245 e. The van der Waals surface area contributed by atoms with Crippen LogP contribution >= 0.6 is 0 Å². The number of sulfonamides is 1. The van der Waals surface area contributed by atoms with Crippen molar-refractivity contribution in [2.24, 2.45) is 0 Å². The van der Waals surface area contributed by atoms with Gasteiger partial charge in [-0.05, 0) is 49.1 Å². The minimum absolute atomic E-state index is 0.124. The van der Waals surface area contributed by atoms with Crippen LogP contribution in [-0.4, -0.2) is 26.9 Å². The van der Waals surface area contributed by atoms with Gasteiger partial charge in [-0.1, -0.05) is 36.4 Å². The first-order chi connectivity index (χ1) is 11.8. The Morgan fingerprint density at radius 3 is 2.36 bits per heavy atom. The maximum atomic E-state index is 12.7. The van der Waals surface area contributed by atoms with Gasteiger partial charge in [0.15, 0.2) is 0 Å². The summed E-state index contributed by atoms with van der Waals surface area (Å²) in [4.78, 5) is 14.3. The van der Waals surface area contributed by atoms with Crippen LogP contribution in [0.25, 0.3) is 0 Å². The Morgan fingerprint density at radius 2 is 1.72 bits per heavy atom. The summed E-state index contributed by atoms with van der Waals surface area (Å²) in [6.07, 6.45) is 0.472. The molecule has 5 nitrogen and oxygen atoms in total. The summed E-state index contributed by atoms with van der Waals surface area (Å²) in [6.45, 7) is 4.48. The predicted molar refractivity (Wildman–Crippen MR) is 98.9 cm³/mol. The number of hydrogen-bond acceptors (Lipinski definition) is 3. The quantitative estimate of drug-likeness (QED) is 0.893. The SMILES string of the molecule is Cc1cc(C)cc(N2CCC(NS(=O)(=O)Cc3ccccc3)C2=O)c1. The van der Waals surface area contributed by atoms with Gasteiger partial charge in [0.1, 0.15) is 6.04 Å². The second-order valence-corrected chi connectivity index (χ2v) is 8.29. The second-order valence-electron chi connectivity index (χ2n) is 6.54. The van der Waals surface area contributed by atoms with E-state index in [-0.39, 0.29) is 11.7 Å². The summed E-state index contributed by atoms with van der Waals surface area (Å²) in [5.41, 5.74) is 3.69. The molecule has 1 atom stereocenters. The summed E-state index contributed by atoms with van der Waals surface area (Å²) in [5, 5.41) is 0. The second kappa shape index (κ2) is 6.98. The van der Waals surface area contributed by atoms with E-state index in [4.69, 9.17) is 0 Å². The lowest BCUT2D eigenvalue weighted by molar-refractivity contribution is -0.118. The minimum atomic E-state index is -3.57. The van der Waals surface area contributed by atoms with Crippen LogP contribution in [0.1, 0.15) is 23.1 Å². The van der Waals surface area contributed by atoms with Crippen LogP contribution in [0, 0.1) is 13.8 Å². The van der Waals surface area contributed by atoms with Crippen molar-refractivity contribution in [2.45, 2.75) is 32.1 Å². The molecule has 132 valence electrons. The summed E-state index contributed by atoms with van der Waals surface area (Å²) in [6, 6.07) is 14.2. The van der Waals surface area contributed by atoms with E-state index in [1.54, 1.807) is 29.2 Å². The molecule has 0 aromatic heterocycles. The fraction of sp³-hybridized carbons (Fsp3) is 0.316. The predicted octanol–water partition coefficient (Wildman–Crippen LogP) is 2.53. The van der Waals surface area contributed by atoms with Gasteiger partial charge >= 0.3 is 0 Å². The summed E-state index contributed by atoms with van der Waals surface area (Å²) >= 11 is 0. The van der Waals surface area contributed by atoms with E-state index in [2.05, 4.69) is 4.72 Å². The molecule has 1 amide bonds. The van der Waals surface area contributed by atoms with Crippen molar-refractivity contribution in [1.29, 1.82) is 0 Å². The van der Waals surface area contributed by atoms with Crippen molar-refractivity contribution in [1.82, 2.24) is 4.72 Å². The van der Waals surface area contributed by atoms with Gasteiger partial charge in [-0.3, -0.25) is 4.79 Å². The molecular formula is C19H22N2O3S. The Kier molecular flexibility index (Phi) is 4.92. The zero-order valence-corrected chi connectivity index (χ0v) is 15.2. The number of amides is 1. The number of rotatable bonds is 5. The molecule has 2 aromatic carbocycles. The first kappa shape index (κ1) is 17.6. The molecular weight excluding hydrogens is 336 g/mol. The molecule has 1 saturated heterocycles. The third kappa shape index (κ3) is 4.27. The Morgan fingerprint density at radius 1 is 1.08 bits per heavy atom. The summed E-state index contributed by atoms with van der Waals surface area (Å²) in [5.74, 6) is -0.317. The highest BCUT2D eigenvalue weighted by Gasteiger charge is 2.35. The molecule has 25 heavy (non-hydrogen) atoms. The van der Waals surface area contributed by atoms with E-state index in [0.717, 1.165) is 16.8 Å². The number of benzene rings is 2. The molecule has 1 heterocycles. The first-order valence-electron chi connectivity index (χ1n) is 8.28. The molecule has 0 radical (unpaired) electrons. The fourth-order valence-corrected chi connectivity index (χ4v) is 4.57. The highest BCUT2D eigenvalue weighted by molar-refractivity contribution is 7.88. The molecule has 1 aliphatic rings. The summed E-state index contributed by atoms with van der Waals surface area (Å²) in [7, 11) is -3.57. The lowest BCUT2D eigenvalue weighted by Crippen LogP contribution is -2.42. The van der Waals surface area contributed by atoms with Crippen LogP contribution in [0.15, 0.2) is 48.5 Å². The van der Waals surface area contributed by atoms with E-state index in [1.807, 2.05) is 38.1 Å². The van der Waals surface area contributed by atoms with Crippen LogP contribution in [0.5, 0.6) is 0 Å². The van der Waals surface area contributed by atoms with Crippen molar-refractivity contribution < 1.29 is 13.2 Å². The van der Waals surface area contributed by atoms with E-state index in [9.17, 15) is 13.2 Å². The molecule has 1 aliphatic heterocycles. The topological polar surface area (TPSA) is 66.5 Å². The molecule has 0 spiro atoms. The number of hydrogen-bond donors (Lipinski definition) is 1. The number of anilines is 1. The fourth-order valence-electron chi connectivity index (χ4n) is 3.20. The van der Waals surface area contributed by atoms with E-state index < -0.39 is 16.1 Å². The molecule has 0 bridgehead atoms. The molecule has 1 fully saturated rings. The number of nitrogens with zero attached hydrogens (tertiary/aromatic N) is 1. The van der Waals surface area contributed by atoms with Crippen molar-refractivity contribution in [3.63, 3.8) is 0 Å². The monoisotopic (exact) mass is 358 g/mol. The third-order valence-electron chi connectivity index (χ3n) is 4.24. The van der Waals surface area contributed by atoms with E-state index in [0.29, 0.717) is 18.5 Å². The van der Waals surface area contributed by atoms with Crippen LogP contribution in [-0.2, 0) is 20.6 Å². The molecule has 0 saturated carbocycles. The van der Waals surface area contributed by atoms with Gasteiger partial charge in [-0.25, -0.2) is 13.1 Å². The van der Waals surface area contributed by atoms with E-state index in [1.165, 1.54) is 0 Å². The number of aryl methyl sites for hydroxylation is 2. The smallest absolute Gasteiger partial charge is 0.245 e. The highest BCUT2D eigenvalue weighted by atomic mass is 32.2. The van der Waals surface area contributed by atoms with Crippen molar-refractivity contribution in [3.05, 3.63) is 65.2 Å². The number of carbonyl (C=O) groups excluding carboxylic acids is 1. The average molecular weight is 358 g/mol. The lowest BCUT2D eigenvalue weighted by atomic mass is 10.1. The largest absolute Gasteiger partial charge is 0.311 e. The van der Waals surface area contributed by atoms with Crippen LogP contribution in [0.3, 0.4) is 0 Å².